The van der Waals surface area contributed by atoms with Crippen LogP contribution in [0, 0.1) is 0 Å². The van der Waals surface area contributed by atoms with Gasteiger partial charge in [-0.3, -0.25) is 14.8 Å². The zero-order valence-corrected chi connectivity index (χ0v) is 20.1. The highest BCUT2D eigenvalue weighted by molar-refractivity contribution is 7.89. The van der Waals surface area contributed by atoms with E-state index in [0.717, 1.165) is 22.4 Å². The number of hydrogen-bond acceptors (Lipinski definition) is 6. The zero-order valence-electron chi connectivity index (χ0n) is 19.2. The Bertz CT molecular complexity index is 1380. The van der Waals surface area contributed by atoms with Gasteiger partial charge in [0.15, 0.2) is 5.78 Å². The Kier molecular flexibility index (Phi) is 7.64. The van der Waals surface area contributed by atoms with E-state index in [0.29, 0.717) is 5.75 Å². The second-order valence-corrected chi connectivity index (χ2v) is 9.95. The van der Waals surface area contributed by atoms with Crippen LogP contribution in [0.2, 0.25) is 0 Å². The average molecular weight is 488 g/mol. The Morgan fingerprint density at radius 1 is 0.886 bits per heavy atom. The average Bonchev–Trinajstić information content (AvgIpc) is 2.89. The summed E-state index contributed by atoms with van der Waals surface area (Å²) in [7, 11) is -3.83. The standard InChI is InChI=1S/C27H25N3O4S/c1-21(31)20-34-25-7-4-6-23(16-25)19-30(35(32,33)26-8-5-14-28-17-26)18-22-10-12-24(13-11-22)27-9-2-3-15-29-27/h2-17H,18-20H2,1H3. The van der Waals surface area contributed by atoms with Crippen LogP contribution in [0.4, 0.5) is 0 Å². The number of rotatable bonds is 10. The molecule has 35 heavy (non-hydrogen) atoms. The Balaban J connectivity index is 1.61. The molecule has 0 saturated heterocycles. The highest BCUT2D eigenvalue weighted by atomic mass is 32.2. The molecule has 0 aliphatic rings. The number of hydrogen-bond donors (Lipinski definition) is 0. The molecule has 2 aromatic carbocycles. The number of ether oxygens (including phenoxy) is 1. The van der Waals surface area contributed by atoms with Crippen molar-refractivity contribution >= 4 is 15.8 Å². The van der Waals surface area contributed by atoms with E-state index in [2.05, 4.69) is 9.97 Å². The van der Waals surface area contributed by atoms with Gasteiger partial charge >= 0.3 is 0 Å². The van der Waals surface area contributed by atoms with Gasteiger partial charge < -0.3 is 4.74 Å². The van der Waals surface area contributed by atoms with E-state index in [1.54, 1.807) is 30.5 Å². The molecular formula is C27H25N3O4S. The fourth-order valence-electron chi connectivity index (χ4n) is 3.51. The minimum atomic E-state index is -3.83. The lowest BCUT2D eigenvalue weighted by molar-refractivity contribution is -0.118. The highest BCUT2D eigenvalue weighted by Crippen LogP contribution is 2.24. The van der Waals surface area contributed by atoms with Crippen molar-refractivity contribution in [3.8, 4) is 17.0 Å². The first kappa shape index (κ1) is 24.3. The minimum Gasteiger partial charge on any atom is -0.486 e. The molecule has 0 atom stereocenters. The molecule has 0 spiro atoms. The van der Waals surface area contributed by atoms with Crippen molar-refractivity contribution in [1.82, 2.24) is 14.3 Å². The minimum absolute atomic E-state index is 0.0379. The van der Waals surface area contributed by atoms with Gasteiger partial charge in [-0.05, 0) is 54.4 Å². The van der Waals surface area contributed by atoms with Crippen LogP contribution in [0.25, 0.3) is 11.3 Å². The lowest BCUT2D eigenvalue weighted by Crippen LogP contribution is -2.30. The third-order valence-electron chi connectivity index (χ3n) is 5.25. The van der Waals surface area contributed by atoms with Gasteiger partial charge in [-0.2, -0.15) is 4.31 Å². The van der Waals surface area contributed by atoms with Crippen LogP contribution in [0.3, 0.4) is 0 Å². The monoisotopic (exact) mass is 487 g/mol. The molecule has 0 unspecified atom stereocenters. The van der Waals surface area contributed by atoms with E-state index in [1.165, 1.54) is 29.7 Å². The maximum atomic E-state index is 13.5. The second-order valence-electron chi connectivity index (χ2n) is 8.01. The van der Waals surface area contributed by atoms with Gasteiger partial charge in [0.1, 0.15) is 17.3 Å². The van der Waals surface area contributed by atoms with E-state index >= 15 is 0 Å². The first-order valence-corrected chi connectivity index (χ1v) is 12.5. The van der Waals surface area contributed by atoms with Gasteiger partial charge in [0.25, 0.3) is 0 Å². The van der Waals surface area contributed by atoms with Gasteiger partial charge in [-0.1, -0.05) is 42.5 Å². The number of aromatic nitrogens is 2. The summed E-state index contributed by atoms with van der Waals surface area (Å²) in [6, 6.07) is 23.6. The van der Waals surface area contributed by atoms with E-state index in [9.17, 15) is 13.2 Å². The van der Waals surface area contributed by atoms with Crippen LogP contribution in [-0.2, 0) is 27.9 Å². The molecule has 4 aromatic rings. The summed E-state index contributed by atoms with van der Waals surface area (Å²) in [6.07, 6.45) is 4.62. The largest absolute Gasteiger partial charge is 0.486 e. The van der Waals surface area contributed by atoms with Gasteiger partial charge in [0.05, 0.1) is 5.69 Å². The van der Waals surface area contributed by atoms with E-state index in [1.807, 2.05) is 48.5 Å². The first-order chi connectivity index (χ1) is 16.9. The number of ketones is 1. The predicted octanol–water partition coefficient (Wildman–Crippen LogP) is 4.50. The first-order valence-electron chi connectivity index (χ1n) is 11.0. The van der Waals surface area contributed by atoms with Crippen molar-refractivity contribution in [3.05, 3.63) is 109 Å². The van der Waals surface area contributed by atoms with Crippen molar-refractivity contribution in [2.45, 2.75) is 24.9 Å². The molecule has 2 aromatic heterocycles. The Morgan fingerprint density at radius 2 is 1.69 bits per heavy atom. The number of benzene rings is 2. The summed E-state index contributed by atoms with van der Waals surface area (Å²) in [5.41, 5.74) is 3.37. The number of nitrogens with zero attached hydrogens (tertiary/aromatic N) is 3. The molecule has 2 heterocycles. The smallest absolute Gasteiger partial charge is 0.245 e. The third-order valence-corrected chi connectivity index (χ3v) is 7.02. The van der Waals surface area contributed by atoms with E-state index in [-0.39, 0.29) is 30.4 Å². The van der Waals surface area contributed by atoms with Crippen molar-refractivity contribution in [1.29, 1.82) is 0 Å². The molecular weight excluding hydrogens is 462 g/mol. The molecule has 0 N–H and O–H groups in total. The summed E-state index contributed by atoms with van der Waals surface area (Å²) in [4.78, 5) is 19.7. The Morgan fingerprint density at radius 3 is 2.37 bits per heavy atom. The summed E-state index contributed by atoms with van der Waals surface area (Å²) in [5, 5.41) is 0. The third kappa shape index (κ3) is 6.38. The zero-order chi connectivity index (χ0) is 24.7. The van der Waals surface area contributed by atoms with Crippen molar-refractivity contribution in [3.63, 3.8) is 0 Å². The maximum Gasteiger partial charge on any atom is 0.245 e. The maximum absolute atomic E-state index is 13.5. The molecule has 0 amide bonds. The van der Waals surface area contributed by atoms with E-state index in [4.69, 9.17) is 4.74 Å². The van der Waals surface area contributed by atoms with Crippen LogP contribution in [0.1, 0.15) is 18.1 Å². The lowest BCUT2D eigenvalue weighted by Gasteiger charge is -2.23. The molecule has 0 aliphatic carbocycles. The number of carbonyl (C=O) groups excluding carboxylic acids is 1. The van der Waals surface area contributed by atoms with E-state index < -0.39 is 10.0 Å². The normalized spacial score (nSPS) is 11.4. The summed E-state index contributed by atoms with van der Waals surface area (Å²) in [6.45, 7) is 1.70. The molecule has 0 saturated carbocycles. The molecule has 0 radical (unpaired) electrons. The molecule has 8 heteroatoms. The van der Waals surface area contributed by atoms with Crippen LogP contribution in [0.15, 0.2) is 102 Å². The Labute approximate surface area is 205 Å². The number of sulfonamides is 1. The fraction of sp³-hybridized carbons (Fsp3) is 0.148. The molecule has 0 fully saturated rings. The number of Topliss-reactive ketones (excluding diaryl/α,β-unsaturated/α-hetero) is 1. The SMILES string of the molecule is CC(=O)COc1cccc(CN(Cc2ccc(-c3ccccn3)cc2)S(=O)(=O)c2cccnc2)c1. The van der Waals surface area contributed by atoms with Crippen LogP contribution in [0.5, 0.6) is 5.75 Å². The fourth-order valence-corrected chi connectivity index (χ4v) is 4.90. The molecule has 178 valence electrons. The second kappa shape index (κ2) is 11.0. The van der Waals surface area contributed by atoms with Crippen molar-refractivity contribution in [2.24, 2.45) is 0 Å². The van der Waals surface area contributed by atoms with Crippen molar-refractivity contribution < 1.29 is 17.9 Å². The lowest BCUT2D eigenvalue weighted by atomic mass is 10.1. The quantitative estimate of drug-likeness (QED) is 0.327. The number of pyridine rings is 2. The summed E-state index contributed by atoms with van der Waals surface area (Å²) in [5.74, 6) is 0.418. The van der Waals surface area contributed by atoms with Crippen LogP contribution in [-0.4, -0.2) is 35.1 Å². The molecule has 7 nitrogen and oxygen atoms in total. The number of carbonyl (C=O) groups is 1. The molecule has 0 aliphatic heterocycles. The Hall–Kier alpha value is -3.88. The predicted molar refractivity (Wildman–Crippen MR) is 133 cm³/mol. The van der Waals surface area contributed by atoms with Gasteiger partial charge in [0.2, 0.25) is 10.0 Å². The van der Waals surface area contributed by atoms with Crippen LogP contribution >= 0.6 is 0 Å². The topological polar surface area (TPSA) is 89.5 Å². The van der Waals surface area contributed by atoms with Gasteiger partial charge in [0, 0.05) is 37.2 Å². The van der Waals surface area contributed by atoms with Gasteiger partial charge in [-0.15, -0.1) is 0 Å². The van der Waals surface area contributed by atoms with Crippen molar-refractivity contribution in [2.75, 3.05) is 6.61 Å². The summed E-state index contributed by atoms with van der Waals surface area (Å²) < 4.78 is 34.0. The summed E-state index contributed by atoms with van der Waals surface area (Å²) >= 11 is 0. The highest BCUT2D eigenvalue weighted by Gasteiger charge is 2.25. The van der Waals surface area contributed by atoms with Crippen LogP contribution < -0.4 is 4.74 Å². The molecule has 4 rings (SSSR count). The van der Waals surface area contributed by atoms with Gasteiger partial charge in [-0.25, -0.2) is 8.42 Å². The molecule has 0 bridgehead atoms.